The number of thiophene rings is 1. The molecule has 0 N–H and O–H groups in total. The van der Waals surface area contributed by atoms with Crippen LogP contribution in [0.15, 0.2) is 16.8 Å². The van der Waals surface area contributed by atoms with Gasteiger partial charge in [0.05, 0.1) is 12.2 Å². The van der Waals surface area contributed by atoms with Crippen LogP contribution in [0.2, 0.25) is 0 Å². The van der Waals surface area contributed by atoms with E-state index in [1.807, 2.05) is 44.5 Å². The summed E-state index contributed by atoms with van der Waals surface area (Å²) in [5.74, 6) is 0.690. The van der Waals surface area contributed by atoms with Crippen LogP contribution in [0.25, 0.3) is 0 Å². The number of rotatable bonds is 7. The summed E-state index contributed by atoms with van der Waals surface area (Å²) in [6.45, 7) is 7.28. The molecule has 0 atom stereocenters. The summed E-state index contributed by atoms with van der Waals surface area (Å²) in [5, 5.41) is 3.74. The van der Waals surface area contributed by atoms with Gasteiger partial charge in [-0.25, -0.2) is 0 Å². The van der Waals surface area contributed by atoms with Crippen LogP contribution in [-0.2, 0) is 13.6 Å². The topological polar surface area (TPSA) is 44.8 Å². The molecule has 1 heterocycles. The van der Waals surface area contributed by atoms with Gasteiger partial charge < -0.3 is 13.8 Å². The van der Waals surface area contributed by atoms with E-state index in [1.165, 1.54) is 11.3 Å². The quantitative estimate of drug-likeness (QED) is 0.703. The Kier molecular flexibility index (Phi) is 5.67. The van der Waals surface area contributed by atoms with Crippen LogP contribution in [-0.4, -0.2) is 18.6 Å². The van der Waals surface area contributed by atoms with Crippen LogP contribution in [0.5, 0.6) is 5.75 Å². The molecule has 0 bridgehead atoms. The van der Waals surface area contributed by atoms with Crippen LogP contribution < -0.4 is 4.74 Å². The first-order valence-electron chi connectivity index (χ1n) is 5.52. The van der Waals surface area contributed by atoms with Crippen molar-refractivity contribution in [2.45, 2.75) is 39.9 Å². The molecule has 1 aromatic heterocycles. The first-order chi connectivity index (χ1) is 7.91. The van der Waals surface area contributed by atoms with E-state index in [0.717, 1.165) is 0 Å². The van der Waals surface area contributed by atoms with Crippen molar-refractivity contribution in [2.75, 3.05) is 6.35 Å². The van der Waals surface area contributed by atoms with E-state index >= 15 is 0 Å². The Balaban J connectivity index is 2.60. The molecular formula is C11H19O4PS. The van der Waals surface area contributed by atoms with Crippen molar-refractivity contribution in [2.24, 2.45) is 0 Å². The number of ether oxygens (including phenoxy) is 1. The number of hydrogen-bond donors (Lipinski definition) is 0. The molecule has 0 aliphatic heterocycles. The van der Waals surface area contributed by atoms with Gasteiger partial charge in [0.2, 0.25) is 0 Å². The van der Waals surface area contributed by atoms with Gasteiger partial charge in [0, 0.05) is 5.38 Å². The maximum absolute atomic E-state index is 12.4. The Morgan fingerprint density at radius 3 is 2.24 bits per heavy atom. The van der Waals surface area contributed by atoms with Crippen LogP contribution in [0, 0.1) is 0 Å². The van der Waals surface area contributed by atoms with Gasteiger partial charge in [-0.3, -0.25) is 4.57 Å². The highest BCUT2D eigenvalue weighted by Crippen LogP contribution is 2.50. The first-order valence-corrected chi connectivity index (χ1v) is 8.19. The minimum Gasteiger partial charge on any atom is -0.480 e. The third-order valence-electron chi connectivity index (χ3n) is 1.63. The third kappa shape index (κ3) is 5.68. The van der Waals surface area contributed by atoms with E-state index in [1.54, 1.807) is 0 Å². The second-order valence-electron chi connectivity index (χ2n) is 4.15. The molecule has 1 aromatic rings. The Hall–Kier alpha value is -0.350. The Morgan fingerprint density at radius 1 is 1.24 bits per heavy atom. The largest absolute Gasteiger partial charge is 0.480 e. The maximum Gasteiger partial charge on any atom is 0.368 e. The molecular weight excluding hydrogens is 259 g/mol. The Labute approximate surface area is 106 Å². The molecule has 0 fully saturated rings. The van der Waals surface area contributed by atoms with E-state index < -0.39 is 7.60 Å². The van der Waals surface area contributed by atoms with Gasteiger partial charge in [0.15, 0.2) is 6.35 Å². The van der Waals surface area contributed by atoms with Crippen LogP contribution in [0.1, 0.15) is 27.7 Å². The van der Waals surface area contributed by atoms with Crippen LogP contribution in [0.3, 0.4) is 0 Å². The molecule has 0 aromatic carbocycles. The molecule has 0 radical (unpaired) electrons. The van der Waals surface area contributed by atoms with Gasteiger partial charge >= 0.3 is 7.60 Å². The highest BCUT2D eigenvalue weighted by Gasteiger charge is 2.28. The van der Waals surface area contributed by atoms with E-state index in [0.29, 0.717) is 5.75 Å². The predicted octanol–water partition coefficient (Wildman–Crippen LogP) is 4.13. The summed E-state index contributed by atoms with van der Waals surface area (Å²) < 4.78 is 28.5. The van der Waals surface area contributed by atoms with Crippen molar-refractivity contribution in [1.29, 1.82) is 0 Å². The maximum atomic E-state index is 12.4. The Morgan fingerprint density at radius 2 is 1.82 bits per heavy atom. The van der Waals surface area contributed by atoms with Crippen molar-refractivity contribution in [3.8, 4) is 5.75 Å². The van der Waals surface area contributed by atoms with Gasteiger partial charge in [-0.2, -0.15) is 0 Å². The van der Waals surface area contributed by atoms with Crippen molar-refractivity contribution in [3.63, 3.8) is 0 Å². The van der Waals surface area contributed by atoms with Gasteiger partial charge in [0.1, 0.15) is 5.75 Å². The summed E-state index contributed by atoms with van der Waals surface area (Å²) >= 11 is 1.52. The van der Waals surface area contributed by atoms with Crippen molar-refractivity contribution in [1.82, 2.24) is 0 Å². The summed E-state index contributed by atoms with van der Waals surface area (Å²) in [7, 11) is -3.19. The fourth-order valence-electron chi connectivity index (χ4n) is 1.22. The summed E-state index contributed by atoms with van der Waals surface area (Å²) in [5.41, 5.74) is 0. The zero-order chi connectivity index (χ0) is 12.9. The monoisotopic (exact) mass is 278 g/mol. The normalized spacial score (nSPS) is 12.4. The molecule has 1 rings (SSSR count). The second-order valence-corrected chi connectivity index (χ2v) is 6.83. The zero-order valence-electron chi connectivity index (χ0n) is 10.6. The average molecular weight is 278 g/mol. The van der Waals surface area contributed by atoms with E-state index in [9.17, 15) is 4.57 Å². The fraction of sp³-hybridized carbons (Fsp3) is 0.636. The van der Waals surface area contributed by atoms with E-state index in [2.05, 4.69) is 0 Å². The second kappa shape index (κ2) is 6.55. The van der Waals surface area contributed by atoms with Crippen molar-refractivity contribution < 1.29 is 18.3 Å². The van der Waals surface area contributed by atoms with Crippen molar-refractivity contribution >= 4 is 18.9 Å². The van der Waals surface area contributed by atoms with E-state index in [4.69, 9.17) is 13.8 Å². The molecule has 0 spiro atoms. The molecule has 6 heteroatoms. The molecule has 0 saturated heterocycles. The molecule has 17 heavy (non-hydrogen) atoms. The lowest BCUT2D eigenvalue weighted by Gasteiger charge is -2.22. The minimum absolute atomic E-state index is 0.0555. The standard InChI is InChI=1S/C11H19O4PS/c1-9(2)14-16(12,15-10(3)4)8-13-11-5-6-17-7-11/h5-7,9-10H,8H2,1-4H3. The van der Waals surface area contributed by atoms with Gasteiger partial charge in [-0.15, -0.1) is 11.3 Å². The lowest BCUT2D eigenvalue weighted by atomic mass is 10.5. The molecule has 0 amide bonds. The SMILES string of the molecule is CC(C)OP(=O)(COc1ccsc1)OC(C)C. The molecule has 98 valence electrons. The van der Waals surface area contributed by atoms with E-state index in [-0.39, 0.29) is 18.6 Å². The number of hydrogen-bond acceptors (Lipinski definition) is 5. The first kappa shape index (κ1) is 14.7. The third-order valence-corrected chi connectivity index (χ3v) is 4.22. The fourth-order valence-corrected chi connectivity index (χ4v) is 3.55. The minimum atomic E-state index is -3.19. The Bertz CT molecular complexity index is 348. The van der Waals surface area contributed by atoms with Crippen LogP contribution >= 0.6 is 18.9 Å². The summed E-state index contributed by atoms with van der Waals surface area (Å²) in [6, 6.07) is 1.82. The smallest absolute Gasteiger partial charge is 0.368 e. The predicted molar refractivity (Wildman–Crippen MR) is 69.9 cm³/mol. The molecule has 0 saturated carbocycles. The van der Waals surface area contributed by atoms with Gasteiger partial charge in [-0.1, -0.05) is 0 Å². The molecule has 0 unspecified atom stereocenters. The highest BCUT2D eigenvalue weighted by molar-refractivity contribution is 7.53. The summed E-state index contributed by atoms with van der Waals surface area (Å²) in [6.07, 6.45) is -0.378. The molecule has 4 nitrogen and oxygen atoms in total. The average Bonchev–Trinajstić information content (AvgIpc) is 2.64. The lowest BCUT2D eigenvalue weighted by Crippen LogP contribution is -2.12. The van der Waals surface area contributed by atoms with Gasteiger partial charge in [-0.05, 0) is 39.1 Å². The molecule has 0 aliphatic carbocycles. The zero-order valence-corrected chi connectivity index (χ0v) is 12.3. The molecule has 0 aliphatic rings. The van der Waals surface area contributed by atoms with Crippen molar-refractivity contribution in [3.05, 3.63) is 16.8 Å². The van der Waals surface area contributed by atoms with Gasteiger partial charge in [0.25, 0.3) is 0 Å². The van der Waals surface area contributed by atoms with Crippen LogP contribution in [0.4, 0.5) is 0 Å². The highest BCUT2D eigenvalue weighted by atomic mass is 32.1. The lowest BCUT2D eigenvalue weighted by molar-refractivity contribution is 0.129. The summed E-state index contributed by atoms with van der Waals surface area (Å²) in [4.78, 5) is 0.